The Labute approximate surface area is 206 Å². The molecule has 1 N–H and O–H groups in total. The Balaban J connectivity index is 1.30. The summed E-state index contributed by atoms with van der Waals surface area (Å²) in [5, 5.41) is 9.13. The number of hydrogen-bond acceptors (Lipinski definition) is 6. The molecule has 0 atom stereocenters. The molecular weight excluding hydrogens is 459 g/mol. The van der Waals surface area contributed by atoms with Crippen LogP contribution in [0.4, 0.5) is 5.82 Å². The quantitative estimate of drug-likeness (QED) is 0.517. The van der Waals surface area contributed by atoms with Crippen LogP contribution < -0.4 is 10.8 Å². The standard InChI is InChI=1S/C25H27BN6O2S/c26-22-18-29-32-24(28-17-20-7-4-11-27-16-20)15-23(30-25(22)32)21-8-12-31(13-9-21)35(33,34)14-10-19-5-2-1-3-6-19/h1-2,4-5,7,10-11,14-16,18,21,28H,3,6,8-9,12-13,17H2/b14-10+. The summed E-state index contributed by atoms with van der Waals surface area (Å²) in [4.78, 5) is 8.95. The van der Waals surface area contributed by atoms with Crippen molar-refractivity contribution in [2.45, 2.75) is 38.1 Å². The van der Waals surface area contributed by atoms with Crippen molar-refractivity contribution >= 4 is 34.8 Å². The molecule has 1 aliphatic carbocycles. The molecule has 3 aromatic rings. The summed E-state index contributed by atoms with van der Waals surface area (Å²) in [5.74, 6) is 0.924. The Morgan fingerprint density at radius 3 is 2.83 bits per heavy atom. The minimum Gasteiger partial charge on any atom is -0.366 e. The Bertz CT molecular complexity index is 1390. The average molecular weight is 486 g/mol. The smallest absolute Gasteiger partial charge is 0.236 e. The van der Waals surface area contributed by atoms with E-state index in [0.717, 1.165) is 35.5 Å². The summed E-state index contributed by atoms with van der Waals surface area (Å²) >= 11 is 0. The second-order valence-electron chi connectivity index (χ2n) is 8.85. The second kappa shape index (κ2) is 10.2. The van der Waals surface area contributed by atoms with Gasteiger partial charge in [0.2, 0.25) is 10.0 Å². The number of hydrogen-bond donors (Lipinski definition) is 1. The molecule has 0 aromatic carbocycles. The minimum atomic E-state index is -3.45. The molecule has 1 aliphatic heterocycles. The number of nitrogens with one attached hydrogen (secondary N) is 1. The number of sulfonamides is 1. The summed E-state index contributed by atoms with van der Waals surface area (Å²) in [7, 11) is 2.68. The average Bonchev–Trinajstić information content (AvgIpc) is 3.28. The van der Waals surface area contributed by atoms with E-state index in [4.69, 9.17) is 12.8 Å². The Morgan fingerprint density at radius 2 is 2.09 bits per heavy atom. The molecular formula is C25H27BN6O2S. The molecule has 2 aliphatic rings. The van der Waals surface area contributed by atoms with Crippen molar-refractivity contribution in [1.82, 2.24) is 23.9 Å². The van der Waals surface area contributed by atoms with Gasteiger partial charge in [0, 0.05) is 61.3 Å². The van der Waals surface area contributed by atoms with Gasteiger partial charge < -0.3 is 5.32 Å². The SMILES string of the molecule is [B]c1cnn2c(NCc3cccnc3)cc(C3CCN(S(=O)(=O)/C=C/C4=CC=CCC4)CC3)nc12. The van der Waals surface area contributed by atoms with Crippen molar-refractivity contribution in [1.29, 1.82) is 0 Å². The number of pyridine rings is 1. The highest BCUT2D eigenvalue weighted by Gasteiger charge is 2.28. The van der Waals surface area contributed by atoms with E-state index in [1.54, 1.807) is 27.3 Å². The van der Waals surface area contributed by atoms with Gasteiger partial charge in [-0.1, -0.05) is 24.3 Å². The highest BCUT2D eigenvalue weighted by Crippen LogP contribution is 2.30. The number of fused-ring (bicyclic) bond motifs is 1. The van der Waals surface area contributed by atoms with E-state index in [0.29, 0.717) is 43.6 Å². The number of allylic oxidation sites excluding steroid dienone is 5. The van der Waals surface area contributed by atoms with Gasteiger partial charge in [-0.2, -0.15) is 13.9 Å². The predicted octanol–water partition coefficient (Wildman–Crippen LogP) is 2.83. The lowest BCUT2D eigenvalue weighted by Gasteiger charge is -2.30. The summed E-state index contributed by atoms with van der Waals surface area (Å²) in [6, 6.07) is 5.90. The Hall–Kier alpha value is -3.24. The first kappa shape index (κ1) is 23.5. The van der Waals surface area contributed by atoms with Gasteiger partial charge in [-0.25, -0.2) is 13.4 Å². The van der Waals surface area contributed by atoms with E-state index in [2.05, 4.69) is 21.5 Å². The van der Waals surface area contributed by atoms with Crippen LogP contribution in [0.15, 0.2) is 72.1 Å². The molecule has 2 radical (unpaired) electrons. The van der Waals surface area contributed by atoms with Gasteiger partial charge >= 0.3 is 0 Å². The largest absolute Gasteiger partial charge is 0.366 e. The van der Waals surface area contributed by atoms with Crippen molar-refractivity contribution in [2.75, 3.05) is 18.4 Å². The number of piperidine rings is 1. The summed E-state index contributed by atoms with van der Waals surface area (Å²) in [5.41, 5.74) is 4.08. The maximum absolute atomic E-state index is 12.9. The molecule has 10 heteroatoms. The molecule has 178 valence electrons. The highest BCUT2D eigenvalue weighted by atomic mass is 32.2. The first-order chi connectivity index (χ1) is 17.0. The topological polar surface area (TPSA) is 92.5 Å². The van der Waals surface area contributed by atoms with Gasteiger partial charge in [-0.3, -0.25) is 4.98 Å². The van der Waals surface area contributed by atoms with Crippen LogP contribution in [0.5, 0.6) is 0 Å². The molecule has 0 bridgehead atoms. The summed E-state index contributed by atoms with van der Waals surface area (Å²) in [6.45, 7) is 1.49. The van der Waals surface area contributed by atoms with Crippen LogP contribution in [0.3, 0.4) is 0 Å². The molecule has 0 saturated carbocycles. The third-order valence-electron chi connectivity index (χ3n) is 6.45. The van der Waals surface area contributed by atoms with E-state index in [-0.39, 0.29) is 5.92 Å². The van der Waals surface area contributed by atoms with E-state index < -0.39 is 10.0 Å². The van der Waals surface area contributed by atoms with Crippen molar-refractivity contribution in [2.24, 2.45) is 0 Å². The zero-order valence-electron chi connectivity index (χ0n) is 19.4. The fraction of sp³-hybridized carbons (Fsp3) is 0.320. The van der Waals surface area contributed by atoms with Crippen molar-refractivity contribution < 1.29 is 8.42 Å². The van der Waals surface area contributed by atoms with Crippen LogP contribution in [0, 0.1) is 0 Å². The van der Waals surface area contributed by atoms with Gasteiger partial charge in [0.1, 0.15) is 19.3 Å². The van der Waals surface area contributed by atoms with Gasteiger partial charge in [0.15, 0.2) is 0 Å². The number of rotatable bonds is 7. The molecule has 3 aromatic heterocycles. The lowest BCUT2D eigenvalue weighted by atomic mass is 9.94. The molecule has 4 heterocycles. The molecule has 0 unspecified atom stereocenters. The van der Waals surface area contributed by atoms with Gasteiger partial charge in [-0.05, 0) is 54.4 Å². The zero-order chi connectivity index (χ0) is 24.3. The lowest BCUT2D eigenvalue weighted by Crippen LogP contribution is -2.37. The first-order valence-electron chi connectivity index (χ1n) is 11.8. The molecule has 8 nitrogen and oxygen atoms in total. The second-order valence-corrected chi connectivity index (χ2v) is 10.7. The third kappa shape index (κ3) is 5.38. The van der Waals surface area contributed by atoms with Crippen molar-refractivity contribution in [3.8, 4) is 0 Å². The number of nitrogens with zero attached hydrogens (tertiary/aromatic N) is 5. The lowest BCUT2D eigenvalue weighted by molar-refractivity contribution is 0.320. The van der Waals surface area contributed by atoms with Gasteiger partial charge in [0.05, 0.1) is 0 Å². The first-order valence-corrected chi connectivity index (χ1v) is 13.3. The van der Waals surface area contributed by atoms with E-state index >= 15 is 0 Å². The minimum absolute atomic E-state index is 0.134. The van der Waals surface area contributed by atoms with Crippen LogP contribution in [-0.2, 0) is 16.6 Å². The number of aromatic nitrogens is 4. The third-order valence-corrected chi connectivity index (χ3v) is 8.01. The normalized spacial score (nSPS) is 17.8. The van der Waals surface area contributed by atoms with Crippen molar-refractivity contribution in [3.05, 3.63) is 83.3 Å². The summed E-state index contributed by atoms with van der Waals surface area (Å²) in [6.07, 6.45) is 16.1. The highest BCUT2D eigenvalue weighted by molar-refractivity contribution is 7.92. The van der Waals surface area contributed by atoms with E-state index in [1.807, 2.05) is 36.5 Å². The zero-order valence-corrected chi connectivity index (χ0v) is 20.2. The van der Waals surface area contributed by atoms with Gasteiger partial charge in [-0.15, -0.1) is 0 Å². The molecule has 0 spiro atoms. The number of anilines is 1. The van der Waals surface area contributed by atoms with Crippen LogP contribution in [-0.4, -0.2) is 53.2 Å². The summed E-state index contributed by atoms with van der Waals surface area (Å²) < 4.78 is 29.0. The fourth-order valence-corrected chi connectivity index (χ4v) is 5.69. The van der Waals surface area contributed by atoms with E-state index in [9.17, 15) is 8.42 Å². The van der Waals surface area contributed by atoms with Crippen LogP contribution >= 0.6 is 0 Å². The van der Waals surface area contributed by atoms with Crippen LogP contribution in [0.2, 0.25) is 0 Å². The molecule has 0 amide bonds. The predicted molar refractivity (Wildman–Crippen MR) is 138 cm³/mol. The van der Waals surface area contributed by atoms with Crippen LogP contribution in [0.25, 0.3) is 5.65 Å². The maximum Gasteiger partial charge on any atom is 0.236 e. The van der Waals surface area contributed by atoms with Crippen molar-refractivity contribution in [3.63, 3.8) is 0 Å². The Kier molecular flexibility index (Phi) is 6.83. The van der Waals surface area contributed by atoms with E-state index in [1.165, 1.54) is 5.41 Å². The fourth-order valence-electron chi connectivity index (χ4n) is 4.45. The Morgan fingerprint density at radius 1 is 1.23 bits per heavy atom. The molecule has 1 saturated heterocycles. The molecule has 1 fully saturated rings. The van der Waals surface area contributed by atoms with Gasteiger partial charge in [0.25, 0.3) is 0 Å². The molecule has 35 heavy (non-hydrogen) atoms. The van der Waals surface area contributed by atoms with Crippen LogP contribution in [0.1, 0.15) is 42.9 Å². The maximum atomic E-state index is 12.9. The monoisotopic (exact) mass is 486 g/mol. The molecule has 5 rings (SSSR count).